The van der Waals surface area contributed by atoms with Gasteiger partial charge in [0.05, 0.1) is 17.4 Å². The fourth-order valence-corrected chi connectivity index (χ4v) is 3.58. The van der Waals surface area contributed by atoms with Crippen molar-refractivity contribution < 1.29 is 9.53 Å². The lowest BCUT2D eigenvalue weighted by Gasteiger charge is -2.08. The van der Waals surface area contributed by atoms with Crippen LogP contribution < -0.4 is 15.6 Å². The molecular weight excluding hydrogens is 330 g/mol. The summed E-state index contributed by atoms with van der Waals surface area (Å²) in [6, 6.07) is 13.2. The highest BCUT2D eigenvalue weighted by atomic mass is 32.2. The minimum absolute atomic E-state index is 0.193. The number of methoxy groups -OCH3 is 1. The fraction of sp³-hybridized carbons (Fsp3) is 0.125. The van der Waals surface area contributed by atoms with Crippen LogP contribution in [0, 0.1) is 0 Å². The molecule has 0 atom stereocenters. The SMILES string of the molecule is COc1cccc2sc(NNC(=O)c3ccccc3SC)nc12. The molecule has 1 aromatic heterocycles. The number of hydrogen-bond donors (Lipinski definition) is 2. The summed E-state index contributed by atoms with van der Waals surface area (Å²) in [5.74, 6) is 0.520. The third kappa shape index (κ3) is 3.25. The molecule has 0 saturated carbocycles. The Kier molecular flexibility index (Phi) is 4.68. The summed E-state index contributed by atoms with van der Waals surface area (Å²) in [6.45, 7) is 0. The number of hydrogen-bond acceptors (Lipinski definition) is 6. The standard InChI is InChI=1S/C16H15N3O2S2/c1-21-11-7-5-9-13-14(11)17-16(23-13)19-18-15(20)10-6-3-4-8-12(10)22-2/h3-9H,1-2H3,(H,17,19)(H,18,20). The molecule has 1 heterocycles. The maximum absolute atomic E-state index is 12.3. The predicted molar refractivity (Wildman–Crippen MR) is 95.5 cm³/mol. The van der Waals surface area contributed by atoms with Gasteiger partial charge in [0.15, 0.2) is 0 Å². The van der Waals surface area contributed by atoms with E-state index in [0.717, 1.165) is 15.1 Å². The van der Waals surface area contributed by atoms with E-state index < -0.39 is 0 Å². The third-order valence-corrected chi connectivity index (χ3v) is 4.97. The second kappa shape index (κ2) is 6.89. The molecule has 5 nitrogen and oxygen atoms in total. The molecule has 3 aromatic rings. The van der Waals surface area contributed by atoms with Gasteiger partial charge in [0.1, 0.15) is 11.3 Å². The zero-order chi connectivity index (χ0) is 16.2. The number of benzene rings is 2. The summed E-state index contributed by atoms with van der Waals surface area (Å²) in [7, 11) is 1.61. The topological polar surface area (TPSA) is 63.2 Å². The van der Waals surface area contributed by atoms with Crippen LogP contribution in [0.5, 0.6) is 5.75 Å². The lowest BCUT2D eigenvalue weighted by molar-refractivity contribution is 0.0960. The number of carbonyl (C=O) groups excluding carboxylic acids is 1. The van der Waals surface area contributed by atoms with Crippen LogP contribution in [-0.4, -0.2) is 24.3 Å². The van der Waals surface area contributed by atoms with Crippen molar-refractivity contribution in [3.05, 3.63) is 48.0 Å². The van der Waals surface area contributed by atoms with Crippen molar-refractivity contribution >= 4 is 44.4 Å². The molecule has 0 fully saturated rings. The van der Waals surface area contributed by atoms with Crippen molar-refractivity contribution in [3.63, 3.8) is 0 Å². The summed E-state index contributed by atoms with van der Waals surface area (Å²) in [5.41, 5.74) is 6.98. The highest BCUT2D eigenvalue weighted by Gasteiger charge is 2.12. The van der Waals surface area contributed by atoms with E-state index in [2.05, 4.69) is 15.8 Å². The van der Waals surface area contributed by atoms with E-state index >= 15 is 0 Å². The molecule has 3 rings (SSSR count). The number of ether oxygens (including phenoxy) is 1. The average Bonchev–Trinajstić information content (AvgIpc) is 3.02. The summed E-state index contributed by atoms with van der Waals surface area (Å²) >= 11 is 2.99. The van der Waals surface area contributed by atoms with Crippen LogP contribution in [-0.2, 0) is 0 Å². The Morgan fingerprint density at radius 1 is 1.22 bits per heavy atom. The largest absolute Gasteiger partial charge is 0.494 e. The zero-order valence-electron chi connectivity index (χ0n) is 12.6. The van der Waals surface area contributed by atoms with E-state index in [1.807, 2.05) is 42.7 Å². The van der Waals surface area contributed by atoms with Crippen LogP contribution in [0.25, 0.3) is 10.2 Å². The van der Waals surface area contributed by atoms with Crippen LogP contribution in [0.1, 0.15) is 10.4 Å². The smallest absolute Gasteiger partial charge is 0.270 e. The number of nitrogens with zero attached hydrogens (tertiary/aromatic N) is 1. The summed E-state index contributed by atoms with van der Waals surface area (Å²) in [5, 5.41) is 0.611. The van der Waals surface area contributed by atoms with Crippen LogP contribution in [0.15, 0.2) is 47.4 Å². The average molecular weight is 345 g/mol. The highest BCUT2D eigenvalue weighted by molar-refractivity contribution is 7.98. The first kappa shape index (κ1) is 15.6. The molecule has 7 heteroatoms. The van der Waals surface area contributed by atoms with Gasteiger partial charge in [0.2, 0.25) is 5.13 Å². The van der Waals surface area contributed by atoms with Crippen molar-refractivity contribution in [3.8, 4) is 5.75 Å². The molecule has 0 unspecified atom stereocenters. The summed E-state index contributed by atoms with van der Waals surface area (Å²) < 4.78 is 6.28. The maximum atomic E-state index is 12.3. The molecule has 0 aliphatic heterocycles. The number of thioether (sulfide) groups is 1. The molecule has 0 bridgehead atoms. The van der Waals surface area contributed by atoms with Gasteiger partial charge in [-0.1, -0.05) is 29.5 Å². The van der Waals surface area contributed by atoms with E-state index in [4.69, 9.17) is 4.74 Å². The number of amides is 1. The Hall–Kier alpha value is -2.25. The number of carbonyl (C=O) groups is 1. The third-order valence-electron chi connectivity index (χ3n) is 3.24. The first-order valence-electron chi connectivity index (χ1n) is 6.86. The summed E-state index contributed by atoms with van der Waals surface area (Å²) in [6.07, 6.45) is 1.94. The molecule has 23 heavy (non-hydrogen) atoms. The second-order valence-electron chi connectivity index (χ2n) is 4.61. The van der Waals surface area contributed by atoms with E-state index in [9.17, 15) is 4.79 Å². The summed E-state index contributed by atoms with van der Waals surface area (Å²) in [4.78, 5) is 17.7. The molecular formula is C16H15N3O2S2. The van der Waals surface area contributed by atoms with Gasteiger partial charge in [-0.15, -0.1) is 11.8 Å². The number of anilines is 1. The monoisotopic (exact) mass is 345 g/mol. The first-order chi connectivity index (χ1) is 11.2. The van der Waals surface area contributed by atoms with Gasteiger partial charge in [-0.3, -0.25) is 15.6 Å². The molecule has 0 aliphatic carbocycles. The number of para-hydroxylation sites is 1. The molecule has 0 aliphatic rings. The fourth-order valence-electron chi connectivity index (χ4n) is 2.15. The minimum Gasteiger partial charge on any atom is -0.494 e. The van der Waals surface area contributed by atoms with Gasteiger partial charge in [-0.05, 0) is 30.5 Å². The van der Waals surface area contributed by atoms with Crippen LogP contribution in [0.2, 0.25) is 0 Å². The Labute approximate surface area is 142 Å². The Balaban J connectivity index is 1.77. The van der Waals surface area contributed by atoms with Gasteiger partial charge in [-0.25, -0.2) is 4.98 Å². The van der Waals surface area contributed by atoms with Crippen molar-refractivity contribution in [2.45, 2.75) is 4.90 Å². The quantitative estimate of drug-likeness (QED) is 0.544. The molecule has 2 aromatic carbocycles. The number of rotatable bonds is 5. The Morgan fingerprint density at radius 3 is 2.83 bits per heavy atom. The van der Waals surface area contributed by atoms with E-state index in [1.165, 1.54) is 23.1 Å². The van der Waals surface area contributed by atoms with Crippen LogP contribution in [0.3, 0.4) is 0 Å². The molecule has 1 amide bonds. The van der Waals surface area contributed by atoms with Gasteiger partial charge < -0.3 is 4.74 Å². The number of hydrazine groups is 1. The number of thiazole rings is 1. The minimum atomic E-state index is -0.193. The molecule has 0 saturated heterocycles. The van der Waals surface area contributed by atoms with Gasteiger partial charge in [0.25, 0.3) is 5.91 Å². The maximum Gasteiger partial charge on any atom is 0.270 e. The van der Waals surface area contributed by atoms with Crippen molar-refractivity contribution in [2.75, 3.05) is 18.8 Å². The van der Waals surface area contributed by atoms with E-state index in [0.29, 0.717) is 16.4 Å². The normalized spacial score (nSPS) is 10.5. The molecule has 118 valence electrons. The van der Waals surface area contributed by atoms with E-state index in [-0.39, 0.29) is 5.91 Å². The number of aromatic nitrogens is 1. The van der Waals surface area contributed by atoms with E-state index in [1.54, 1.807) is 13.2 Å². The Bertz CT molecular complexity index is 848. The second-order valence-corrected chi connectivity index (χ2v) is 6.48. The molecule has 0 radical (unpaired) electrons. The Morgan fingerprint density at radius 2 is 2.04 bits per heavy atom. The lowest BCUT2D eigenvalue weighted by Crippen LogP contribution is -2.29. The number of fused-ring (bicyclic) bond motifs is 1. The van der Waals surface area contributed by atoms with Crippen LogP contribution >= 0.6 is 23.1 Å². The van der Waals surface area contributed by atoms with Gasteiger partial charge >= 0.3 is 0 Å². The highest BCUT2D eigenvalue weighted by Crippen LogP contribution is 2.31. The molecule has 2 N–H and O–H groups in total. The zero-order valence-corrected chi connectivity index (χ0v) is 14.3. The van der Waals surface area contributed by atoms with Crippen molar-refractivity contribution in [1.29, 1.82) is 0 Å². The van der Waals surface area contributed by atoms with Crippen molar-refractivity contribution in [2.24, 2.45) is 0 Å². The van der Waals surface area contributed by atoms with Crippen LogP contribution in [0.4, 0.5) is 5.13 Å². The predicted octanol–water partition coefficient (Wildman–Crippen LogP) is 3.78. The molecule has 0 spiro atoms. The lowest BCUT2D eigenvalue weighted by atomic mass is 10.2. The van der Waals surface area contributed by atoms with Crippen molar-refractivity contribution in [1.82, 2.24) is 10.4 Å². The van der Waals surface area contributed by atoms with Gasteiger partial charge in [-0.2, -0.15) is 0 Å². The van der Waals surface area contributed by atoms with Gasteiger partial charge in [0, 0.05) is 4.90 Å². The number of nitrogens with one attached hydrogen (secondary N) is 2. The first-order valence-corrected chi connectivity index (χ1v) is 8.90.